The maximum atomic E-state index is 11.8. The molecule has 0 atom stereocenters. The molecule has 0 spiro atoms. The summed E-state index contributed by atoms with van der Waals surface area (Å²) in [6.07, 6.45) is 4.73. The number of phenols is 1. The van der Waals surface area contributed by atoms with E-state index in [1.807, 2.05) is 20.8 Å². The van der Waals surface area contributed by atoms with Gasteiger partial charge in [-0.2, -0.15) is 0 Å². The van der Waals surface area contributed by atoms with Crippen molar-refractivity contribution in [3.63, 3.8) is 0 Å². The molecule has 0 aliphatic carbocycles. The van der Waals surface area contributed by atoms with E-state index in [0.717, 1.165) is 24.0 Å². The minimum atomic E-state index is -0.455. The minimum absolute atomic E-state index is 0.00417. The third-order valence-electron chi connectivity index (χ3n) is 3.95. The number of esters is 1. The molecule has 1 aromatic rings. The molecule has 0 aromatic heterocycles. The molecule has 1 aliphatic rings. The van der Waals surface area contributed by atoms with Crippen LogP contribution >= 0.6 is 0 Å². The predicted molar refractivity (Wildman–Crippen MR) is 92.2 cm³/mol. The van der Waals surface area contributed by atoms with Crippen molar-refractivity contribution in [2.24, 2.45) is 0 Å². The first-order chi connectivity index (χ1) is 11.0. The Kier molecular flexibility index (Phi) is 7.14. The second-order valence-electron chi connectivity index (χ2n) is 5.42. The summed E-state index contributed by atoms with van der Waals surface area (Å²) in [6.45, 7) is 10.3. The standard InChI is InChI=1S/C17H22O4.C2H6/c1-5-6-10(2)7-8-12-15(18)14-13(9-21-17(14)19)11(3)16(12)20-4;1-2/h7,18H,5-6,8-9H2,1-4H3;1-2H3/b10-7+;. The van der Waals surface area contributed by atoms with E-state index < -0.39 is 5.97 Å². The Balaban J connectivity index is 0.00000127. The van der Waals surface area contributed by atoms with Crippen molar-refractivity contribution < 1.29 is 19.4 Å². The van der Waals surface area contributed by atoms with E-state index in [1.165, 1.54) is 5.57 Å². The Morgan fingerprint density at radius 3 is 2.61 bits per heavy atom. The number of benzene rings is 1. The molecule has 0 amide bonds. The average Bonchev–Trinajstić information content (AvgIpc) is 2.94. The second kappa shape index (κ2) is 8.61. The fraction of sp³-hybridized carbons (Fsp3) is 0.526. The zero-order valence-electron chi connectivity index (χ0n) is 15.1. The summed E-state index contributed by atoms with van der Waals surface area (Å²) in [4.78, 5) is 11.8. The van der Waals surface area contributed by atoms with Gasteiger partial charge in [-0.15, -0.1) is 0 Å². The molecule has 2 rings (SSSR count). The molecular weight excluding hydrogens is 292 g/mol. The van der Waals surface area contributed by atoms with Crippen molar-refractivity contribution in [2.75, 3.05) is 7.11 Å². The van der Waals surface area contributed by atoms with Gasteiger partial charge in [0.25, 0.3) is 0 Å². The zero-order valence-corrected chi connectivity index (χ0v) is 15.1. The maximum Gasteiger partial charge on any atom is 0.342 e. The molecule has 0 radical (unpaired) electrons. The normalized spacial score (nSPS) is 13.1. The van der Waals surface area contributed by atoms with Gasteiger partial charge >= 0.3 is 5.97 Å². The number of hydrogen-bond acceptors (Lipinski definition) is 4. The summed E-state index contributed by atoms with van der Waals surface area (Å²) < 4.78 is 10.5. The van der Waals surface area contributed by atoms with Gasteiger partial charge in [-0.3, -0.25) is 0 Å². The van der Waals surface area contributed by atoms with Crippen LogP contribution in [0.15, 0.2) is 11.6 Å². The molecular formula is C19H28O4. The van der Waals surface area contributed by atoms with Crippen molar-refractivity contribution >= 4 is 5.97 Å². The first kappa shape index (κ1) is 19.1. The van der Waals surface area contributed by atoms with Gasteiger partial charge in [0.2, 0.25) is 0 Å². The van der Waals surface area contributed by atoms with Gasteiger partial charge in [-0.05, 0) is 32.3 Å². The van der Waals surface area contributed by atoms with Crippen LogP contribution in [0.3, 0.4) is 0 Å². The average molecular weight is 320 g/mol. The highest BCUT2D eigenvalue weighted by molar-refractivity contribution is 5.98. The van der Waals surface area contributed by atoms with E-state index in [-0.39, 0.29) is 12.4 Å². The van der Waals surface area contributed by atoms with Crippen molar-refractivity contribution in [3.8, 4) is 11.5 Å². The number of allylic oxidation sites excluding steroid dienone is 2. The van der Waals surface area contributed by atoms with E-state index >= 15 is 0 Å². The fourth-order valence-corrected chi connectivity index (χ4v) is 2.80. The number of aromatic hydroxyl groups is 1. The number of phenolic OH excluding ortho intramolecular Hbond substituents is 1. The van der Waals surface area contributed by atoms with Gasteiger partial charge in [0, 0.05) is 11.1 Å². The third-order valence-corrected chi connectivity index (χ3v) is 3.95. The topological polar surface area (TPSA) is 55.8 Å². The van der Waals surface area contributed by atoms with Crippen LogP contribution < -0.4 is 4.74 Å². The van der Waals surface area contributed by atoms with Gasteiger partial charge in [0.05, 0.1) is 7.11 Å². The van der Waals surface area contributed by atoms with Crippen molar-refractivity contribution in [2.45, 2.75) is 60.5 Å². The Hall–Kier alpha value is -1.97. The van der Waals surface area contributed by atoms with Crippen LogP contribution in [0.2, 0.25) is 0 Å². The Morgan fingerprint density at radius 1 is 1.39 bits per heavy atom. The number of carbonyl (C=O) groups is 1. The monoisotopic (exact) mass is 320 g/mol. The lowest BCUT2D eigenvalue weighted by Gasteiger charge is -2.15. The summed E-state index contributed by atoms with van der Waals surface area (Å²) >= 11 is 0. The maximum absolute atomic E-state index is 11.8. The Labute approximate surface area is 139 Å². The molecule has 0 fully saturated rings. The molecule has 0 saturated heterocycles. The van der Waals surface area contributed by atoms with Crippen molar-refractivity contribution in [1.29, 1.82) is 0 Å². The fourth-order valence-electron chi connectivity index (χ4n) is 2.80. The number of hydrogen-bond donors (Lipinski definition) is 1. The smallest absolute Gasteiger partial charge is 0.342 e. The lowest BCUT2D eigenvalue weighted by Crippen LogP contribution is -2.03. The van der Waals surface area contributed by atoms with E-state index in [9.17, 15) is 9.90 Å². The third kappa shape index (κ3) is 3.87. The van der Waals surface area contributed by atoms with E-state index in [4.69, 9.17) is 9.47 Å². The number of rotatable bonds is 5. The SMILES string of the molecule is CC.CCC/C(C)=C/Cc1c(O)c2c(c(C)c1OC)COC2=O. The zero-order chi connectivity index (χ0) is 17.6. The first-order valence-corrected chi connectivity index (χ1v) is 8.25. The van der Waals surface area contributed by atoms with Gasteiger partial charge in [0.15, 0.2) is 0 Å². The molecule has 23 heavy (non-hydrogen) atoms. The van der Waals surface area contributed by atoms with Crippen molar-refractivity contribution in [3.05, 3.63) is 33.9 Å². The molecule has 0 unspecified atom stereocenters. The van der Waals surface area contributed by atoms with Crippen molar-refractivity contribution in [1.82, 2.24) is 0 Å². The molecule has 4 nitrogen and oxygen atoms in total. The van der Waals surface area contributed by atoms with Crippen LogP contribution in [0.25, 0.3) is 0 Å². The molecule has 128 valence electrons. The van der Waals surface area contributed by atoms with Crippen LogP contribution in [0.4, 0.5) is 0 Å². The van der Waals surface area contributed by atoms with Gasteiger partial charge in [0.1, 0.15) is 23.7 Å². The molecule has 1 N–H and O–H groups in total. The van der Waals surface area contributed by atoms with Crippen LogP contribution in [-0.2, 0) is 17.8 Å². The lowest BCUT2D eigenvalue weighted by atomic mass is 9.94. The molecule has 1 heterocycles. The van der Waals surface area contributed by atoms with Gasteiger partial charge in [-0.1, -0.05) is 38.8 Å². The van der Waals surface area contributed by atoms with Crippen LogP contribution in [0.5, 0.6) is 11.5 Å². The minimum Gasteiger partial charge on any atom is -0.507 e. The largest absolute Gasteiger partial charge is 0.507 e. The lowest BCUT2D eigenvalue weighted by molar-refractivity contribution is 0.0533. The van der Waals surface area contributed by atoms with E-state index in [1.54, 1.807) is 7.11 Å². The summed E-state index contributed by atoms with van der Waals surface area (Å²) in [5.41, 5.74) is 3.81. The predicted octanol–water partition coefficient (Wildman–Crippen LogP) is 4.69. The molecule has 4 heteroatoms. The first-order valence-electron chi connectivity index (χ1n) is 8.25. The summed E-state index contributed by atoms with van der Waals surface area (Å²) in [5.74, 6) is 0.185. The van der Waals surface area contributed by atoms with Crippen LogP contribution in [-0.4, -0.2) is 18.2 Å². The summed E-state index contributed by atoms with van der Waals surface area (Å²) in [5, 5.41) is 10.4. The highest BCUT2D eigenvalue weighted by atomic mass is 16.5. The van der Waals surface area contributed by atoms with Crippen LogP contribution in [0, 0.1) is 6.92 Å². The number of carbonyl (C=O) groups excluding carboxylic acids is 1. The van der Waals surface area contributed by atoms with E-state index in [2.05, 4.69) is 19.9 Å². The summed E-state index contributed by atoms with van der Waals surface area (Å²) in [6, 6.07) is 0. The second-order valence-corrected chi connectivity index (χ2v) is 5.42. The molecule has 0 saturated carbocycles. The Morgan fingerprint density at radius 2 is 2.04 bits per heavy atom. The number of cyclic esters (lactones) is 1. The molecule has 0 bridgehead atoms. The Bertz CT molecular complexity index is 600. The molecule has 1 aromatic carbocycles. The number of fused-ring (bicyclic) bond motifs is 1. The van der Waals surface area contributed by atoms with Crippen LogP contribution in [0.1, 0.15) is 67.6 Å². The highest BCUT2D eigenvalue weighted by Crippen LogP contribution is 2.41. The quantitative estimate of drug-likeness (QED) is 0.631. The number of ether oxygens (including phenoxy) is 2. The summed E-state index contributed by atoms with van der Waals surface area (Å²) in [7, 11) is 1.58. The molecule has 1 aliphatic heterocycles. The highest BCUT2D eigenvalue weighted by Gasteiger charge is 2.31. The number of methoxy groups -OCH3 is 1. The van der Waals surface area contributed by atoms with E-state index in [0.29, 0.717) is 23.3 Å². The van der Waals surface area contributed by atoms with Gasteiger partial charge in [-0.25, -0.2) is 4.79 Å². The van der Waals surface area contributed by atoms with Gasteiger partial charge < -0.3 is 14.6 Å².